The quantitative estimate of drug-likeness (QED) is 0.831. The Morgan fingerprint density at radius 1 is 1.37 bits per heavy atom. The minimum Gasteiger partial charge on any atom is -0.492 e. The fourth-order valence-electron chi connectivity index (χ4n) is 1.61. The van der Waals surface area contributed by atoms with E-state index in [0.29, 0.717) is 13.2 Å². The lowest BCUT2D eigenvalue weighted by Crippen LogP contribution is -2.41. The summed E-state index contributed by atoms with van der Waals surface area (Å²) in [7, 11) is 5.69. The van der Waals surface area contributed by atoms with Gasteiger partial charge in [-0.15, -0.1) is 0 Å². The molecule has 0 heterocycles. The molecule has 0 aromatic heterocycles. The second kappa shape index (κ2) is 6.99. The van der Waals surface area contributed by atoms with Crippen LogP contribution < -0.4 is 15.4 Å². The predicted molar refractivity (Wildman–Crippen MR) is 77.6 cm³/mol. The highest BCUT2D eigenvalue weighted by Crippen LogP contribution is 2.19. The largest absolute Gasteiger partial charge is 0.492 e. The van der Waals surface area contributed by atoms with Crippen molar-refractivity contribution in [1.29, 1.82) is 0 Å². The molecule has 0 saturated carbocycles. The molecule has 19 heavy (non-hydrogen) atoms. The van der Waals surface area contributed by atoms with Crippen LogP contribution in [0.25, 0.3) is 0 Å². The highest BCUT2D eigenvalue weighted by molar-refractivity contribution is 5.80. The van der Waals surface area contributed by atoms with E-state index < -0.39 is 6.04 Å². The third-order valence-corrected chi connectivity index (χ3v) is 2.80. The summed E-state index contributed by atoms with van der Waals surface area (Å²) in [6, 6.07) is 7.36. The number of rotatable bonds is 6. The minimum atomic E-state index is -0.470. The number of carbonyl (C=O) groups is 1. The number of carbonyl (C=O) groups excluding carboxylic acids is 1. The summed E-state index contributed by atoms with van der Waals surface area (Å²) < 4.78 is 5.64. The van der Waals surface area contributed by atoms with Crippen molar-refractivity contribution in [3.8, 4) is 5.75 Å². The Bertz CT molecular complexity index is 419. The van der Waals surface area contributed by atoms with E-state index in [1.807, 2.05) is 43.3 Å². The molecule has 2 N–H and O–H groups in total. The van der Waals surface area contributed by atoms with Gasteiger partial charge in [0.05, 0.1) is 12.6 Å². The first-order valence-electron chi connectivity index (χ1n) is 6.32. The molecular formula is C14H23N3O2. The molecule has 1 rings (SSSR count). The van der Waals surface area contributed by atoms with Gasteiger partial charge in [0.25, 0.3) is 0 Å². The average Bonchev–Trinajstić information content (AvgIpc) is 2.37. The van der Waals surface area contributed by atoms with Crippen LogP contribution in [0.15, 0.2) is 24.3 Å². The van der Waals surface area contributed by atoms with E-state index >= 15 is 0 Å². The van der Waals surface area contributed by atoms with Crippen molar-refractivity contribution in [1.82, 2.24) is 4.90 Å². The fraction of sp³-hybridized carbons (Fsp3) is 0.500. The first-order chi connectivity index (χ1) is 8.91. The summed E-state index contributed by atoms with van der Waals surface area (Å²) in [5, 5.41) is 0. The molecule has 0 spiro atoms. The van der Waals surface area contributed by atoms with Crippen LogP contribution >= 0.6 is 0 Å². The van der Waals surface area contributed by atoms with Crippen molar-refractivity contribution in [3.05, 3.63) is 24.3 Å². The summed E-state index contributed by atoms with van der Waals surface area (Å²) in [4.78, 5) is 15.2. The lowest BCUT2D eigenvalue weighted by molar-refractivity contribution is -0.131. The van der Waals surface area contributed by atoms with Gasteiger partial charge in [-0.1, -0.05) is 6.07 Å². The molecule has 1 atom stereocenters. The van der Waals surface area contributed by atoms with Crippen molar-refractivity contribution in [2.45, 2.75) is 13.0 Å². The van der Waals surface area contributed by atoms with Crippen LogP contribution in [0.5, 0.6) is 5.75 Å². The van der Waals surface area contributed by atoms with Gasteiger partial charge in [-0.3, -0.25) is 4.79 Å². The van der Waals surface area contributed by atoms with Gasteiger partial charge in [-0.05, 0) is 19.1 Å². The molecule has 5 heteroatoms. The molecule has 0 aliphatic heterocycles. The minimum absolute atomic E-state index is 0.0781. The van der Waals surface area contributed by atoms with E-state index in [0.717, 1.165) is 11.4 Å². The predicted octanol–water partition coefficient (Wildman–Crippen LogP) is 0.937. The molecule has 0 radical (unpaired) electrons. The summed E-state index contributed by atoms with van der Waals surface area (Å²) in [6.45, 7) is 2.65. The van der Waals surface area contributed by atoms with Gasteiger partial charge in [0.1, 0.15) is 12.4 Å². The van der Waals surface area contributed by atoms with E-state index in [1.54, 1.807) is 18.9 Å². The zero-order chi connectivity index (χ0) is 14.4. The number of nitrogens with two attached hydrogens (primary N) is 1. The van der Waals surface area contributed by atoms with E-state index in [9.17, 15) is 4.79 Å². The molecule has 0 bridgehead atoms. The number of amides is 1. The van der Waals surface area contributed by atoms with Crippen LogP contribution in [0.3, 0.4) is 0 Å². The summed E-state index contributed by atoms with van der Waals surface area (Å²) >= 11 is 0. The fourth-order valence-corrected chi connectivity index (χ4v) is 1.61. The average molecular weight is 265 g/mol. The smallest absolute Gasteiger partial charge is 0.239 e. The van der Waals surface area contributed by atoms with Gasteiger partial charge in [-0.25, -0.2) is 0 Å². The molecule has 0 aliphatic rings. The monoisotopic (exact) mass is 265 g/mol. The highest BCUT2D eigenvalue weighted by Gasteiger charge is 2.12. The molecule has 0 fully saturated rings. The number of hydrogen-bond acceptors (Lipinski definition) is 4. The van der Waals surface area contributed by atoms with Crippen molar-refractivity contribution < 1.29 is 9.53 Å². The van der Waals surface area contributed by atoms with Crippen molar-refractivity contribution in [2.24, 2.45) is 5.73 Å². The maximum atomic E-state index is 11.6. The Balaban J connectivity index is 2.45. The number of benzene rings is 1. The zero-order valence-corrected chi connectivity index (χ0v) is 12.1. The third-order valence-electron chi connectivity index (χ3n) is 2.80. The molecule has 1 amide bonds. The Labute approximate surface area is 114 Å². The summed E-state index contributed by atoms with van der Waals surface area (Å²) in [5.74, 6) is 0.721. The van der Waals surface area contributed by atoms with E-state index in [4.69, 9.17) is 10.5 Å². The third kappa shape index (κ3) is 4.79. The van der Waals surface area contributed by atoms with Crippen LogP contribution in [0.2, 0.25) is 0 Å². The molecule has 0 saturated heterocycles. The van der Waals surface area contributed by atoms with Crippen LogP contribution in [0, 0.1) is 0 Å². The Morgan fingerprint density at radius 3 is 2.63 bits per heavy atom. The molecule has 0 aliphatic carbocycles. The molecule has 1 unspecified atom stereocenters. The van der Waals surface area contributed by atoms with Gasteiger partial charge < -0.3 is 20.3 Å². The Hall–Kier alpha value is -1.75. The zero-order valence-electron chi connectivity index (χ0n) is 12.1. The lowest BCUT2D eigenvalue weighted by atomic mass is 10.3. The second-order valence-corrected chi connectivity index (χ2v) is 4.79. The molecular weight excluding hydrogens is 242 g/mol. The Morgan fingerprint density at radius 2 is 2.05 bits per heavy atom. The van der Waals surface area contributed by atoms with Gasteiger partial charge in [-0.2, -0.15) is 0 Å². The van der Waals surface area contributed by atoms with Crippen LogP contribution in [-0.4, -0.2) is 51.1 Å². The van der Waals surface area contributed by atoms with Crippen molar-refractivity contribution >= 4 is 11.6 Å². The molecule has 106 valence electrons. The van der Waals surface area contributed by atoms with Crippen LogP contribution in [-0.2, 0) is 4.79 Å². The van der Waals surface area contributed by atoms with E-state index in [2.05, 4.69) is 0 Å². The normalized spacial score (nSPS) is 11.8. The lowest BCUT2D eigenvalue weighted by Gasteiger charge is -2.19. The Kier molecular flexibility index (Phi) is 5.63. The maximum Gasteiger partial charge on any atom is 0.239 e. The second-order valence-electron chi connectivity index (χ2n) is 4.79. The number of likely N-dealkylation sites (N-methyl/N-ethyl adjacent to an activating group) is 1. The highest BCUT2D eigenvalue weighted by atomic mass is 16.5. The molecule has 5 nitrogen and oxygen atoms in total. The first-order valence-corrected chi connectivity index (χ1v) is 6.32. The summed E-state index contributed by atoms with van der Waals surface area (Å²) in [5.41, 5.74) is 6.62. The van der Waals surface area contributed by atoms with E-state index in [-0.39, 0.29) is 5.91 Å². The standard InChI is InChI=1S/C14H23N3O2/c1-11(15)14(18)17(4)8-9-19-13-7-5-6-12(10-13)16(2)3/h5-7,10-11H,8-9,15H2,1-4H3. The van der Waals surface area contributed by atoms with Crippen LogP contribution in [0.1, 0.15) is 6.92 Å². The van der Waals surface area contributed by atoms with Gasteiger partial charge >= 0.3 is 0 Å². The first kappa shape index (κ1) is 15.3. The molecule has 1 aromatic carbocycles. The number of hydrogen-bond donors (Lipinski definition) is 1. The van der Waals surface area contributed by atoms with E-state index in [1.165, 1.54) is 0 Å². The number of nitrogens with zero attached hydrogens (tertiary/aromatic N) is 2. The molecule has 1 aromatic rings. The van der Waals surface area contributed by atoms with Crippen molar-refractivity contribution in [2.75, 3.05) is 39.2 Å². The maximum absolute atomic E-state index is 11.6. The SMILES string of the molecule is CC(N)C(=O)N(C)CCOc1cccc(N(C)C)c1. The number of ether oxygens (including phenoxy) is 1. The van der Waals surface area contributed by atoms with Crippen molar-refractivity contribution in [3.63, 3.8) is 0 Å². The summed E-state index contributed by atoms with van der Waals surface area (Å²) in [6.07, 6.45) is 0. The topological polar surface area (TPSA) is 58.8 Å². The number of anilines is 1. The van der Waals surface area contributed by atoms with Gasteiger partial charge in [0, 0.05) is 32.9 Å². The van der Waals surface area contributed by atoms with Gasteiger partial charge in [0.15, 0.2) is 0 Å². The van der Waals surface area contributed by atoms with Crippen LogP contribution in [0.4, 0.5) is 5.69 Å². The van der Waals surface area contributed by atoms with Gasteiger partial charge in [0.2, 0.25) is 5.91 Å².